The van der Waals surface area contributed by atoms with Crippen LogP contribution in [0.15, 0.2) is 0 Å². The van der Waals surface area contributed by atoms with E-state index < -0.39 is 0 Å². The quantitative estimate of drug-likeness (QED) is 0.852. The van der Waals surface area contributed by atoms with Crippen molar-refractivity contribution in [2.75, 3.05) is 37.8 Å². The minimum Gasteiger partial charge on any atom is -0.383 e. The number of hydrogen-bond acceptors (Lipinski definition) is 5. The predicted octanol–water partition coefficient (Wildman–Crippen LogP) is 1.56. The summed E-state index contributed by atoms with van der Waals surface area (Å²) in [4.78, 5) is 4.74. The van der Waals surface area contributed by atoms with Crippen molar-refractivity contribution in [3.05, 3.63) is 5.56 Å². The predicted molar refractivity (Wildman–Crippen MR) is 70.2 cm³/mol. The van der Waals surface area contributed by atoms with Gasteiger partial charge in [-0.15, -0.1) is 0 Å². The lowest BCUT2D eigenvalue weighted by molar-refractivity contribution is 0.250. The summed E-state index contributed by atoms with van der Waals surface area (Å²) in [7, 11) is 4.33. The average molecular weight is 240 g/mol. The first kappa shape index (κ1) is 11.7. The van der Waals surface area contributed by atoms with Crippen LogP contribution < -0.4 is 10.6 Å². The minimum absolute atomic E-state index is 0.690. The van der Waals surface area contributed by atoms with Gasteiger partial charge in [0, 0.05) is 24.7 Å². The molecular weight excluding hydrogens is 220 g/mol. The number of piperidine rings is 1. The van der Waals surface area contributed by atoms with Crippen molar-refractivity contribution in [1.29, 1.82) is 0 Å². The Kier molecular flexibility index (Phi) is 3.35. The molecule has 0 unspecified atom stereocenters. The number of nitrogens with zero attached hydrogens (tertiary/aromatic N) is 3. The molecule has 1 aromatic rings. The highest BCUT2D eigenvalue weighted by Crippen LogP contribution is 2.31. The van der Waals surface area contributed by atoms with E-state index in [-0.39, 0.29) is 0 Å². The van der Waals surface area contributed by atoms with E-state index in [1.54, 1.807) is 0 Å². The van der Waals surface area contributed by atoms with Crippen LogP contribution in [0.3, 0.4) is 0 Å². The Balaban J connectivity index is 2.02. The molecule has 2 N–H and O–H groups in total. The zero-order valence-corrected chi connectivity index (χ0v) is 11.0. The van der Waals surface area contributed by atoms with Crippen LogP contribution in [-0.2, 0) is 0 Å². The SMILES string of the molecule is Cc1c(N)nsc1N1CCC(N(C)C)CC1. The van der Waals surface area contributed by atoms with Crippen molar-refractivity contribution >= 4 is 22.4 Å². The number of anilines is 2. The highest BCUT2D eigenvalue weighted by Gasteiger charge is 2.23. The summed E-state index contributed by atoms with van der Waals surface area (Å²) in [5.41, 5.74) is 6.93. The number of hydrogen-bond donors (Lipinski definition) is 1. The van der Waals surface area contributed by atoms with E-state index in [4.69, 9.17) is 5.73 Å². The lowest BCUT2D eigenvalue weighted by Crippen LogP contribution is -2.41. The Labute approximate surface area is 101 Å². The minimum atomic E-state index is 0.690. The molecule has 4 nitrogen and oxygen atoms in total. The van der Waals surface area contributed by atoms with Gasteiger partial charge in [-0.2, -0.15) is 4.37 Å². The largest absolute Gasteiger partial charge is 0.383 e. The first-order valence-corrected chi connectivity index (χ1v) is 6.50. The molecule has 16 heavy (non-hydrogen) atoms. The van der Waals surface area contributed by atoms with Gasteiger partial charge in [0.25, 0.3) is 0 Å². The highest BCUT2D eigenvalue weighted by atomic mass is 32.1. The topological polar surface area (TPSA) is 45.4 Å². The van der Waals surface area contributed by atoms with Gasteiger partial charge < -0.3 is 15.5 Å². The van der Waals surface area contributed by atoms with Gasteiger partial charge in [0.2, 0.25) is 0 Å². The molecule has 0 amide bonds. The molecule has 0 saturated carbocycles. The fourth-order valence-corrected chi connectivity index (χ4v) is 3.08. The van der Waals surface area contributed by atoms with Gasteiger partial charge in [0.05, 0.1) is 0 Å². The second kappa shape index (κ2) is 4.59. The van der Waals surface area contributed by atoms with Gasteiger partial charge in [-0.25, -0.2) is 0 Å². The van der Waals surface area contributed by atoms with Crippen molar-refractivity contribution in [1.82, 2.24) is 9.27 Å². The molecule has 90 valence electrons. The van der Waals surface area contributed by atoms with E-state index in [9.17, 15) is 0 Å². The van der Waals surface area contributed by atoms with Crippen LogP contribution in [0.2, 0.25) is 0 Å². The number of nitrogens with two attached hydrogens (primary N) is 1. The summed E-state index contributed by atoms with van der Waals surface area (Å²) in [5.74, 6) is 0.690. The molecule has 1 fully saturated rings. The summed E-state index contributed by atoms with van der Waals surface area (Å²) in [6.45, 7) is 4.29. The zero-order chi connectivity index (χ0) is 11.7. The molecule has 0 atom stereocenters. The average Bonchev–Trinajstić information content (AvgIpc) is 2.60. The van der Waals surface area contributed by atoms with Gasteiger partial charge in [-0.3, -0.25) is 0 Å². The van der Waals surface area contributed by atoms with Gasteiger partial charge >= 0.3 is 0 Å². The van der Waals surface area contributed by atoms with Gasteiger partial charge in [0.15, 0.2) is 0 Å². The van der Waals surface area contributed by atoms with Crippen LogP contribution in [0.25, 0.3) is 0 Å². The fourth-order valence-electron chi connectivity index (χ4n) is 2.22. The number of rotatable bonds is 2. The molecule has 5 heteroatoms. The van der Waals surface area contributed by atoms with Crippen LogP contribution >= 0.6 is 11.5 Å². The Bertz CT molecular complexity index is 353. The van der Waals surface area contributed by atoms with E-state index in [1.165, 1.54) is 29.4 Å². The molecule has 0 aliphatic carbocycles. The van der Waals surface area contributed by atoms with Crippen molar-refractivity contribution in [3.63, 3.8) is 0 Å². The second-order valence-corrected chi connectivity index (χ2v) is 5.43. The van der Waals surface area contributed by atoms with Crippen molar-refractivity contribution in [2.45, 2.75) is 25.8 Å². The number of nitrogen functional groups attached to an aromatic ring is 1. The molecule has 1 aliphatic rings. The Morgan fingerprint density at radius 3 is 2.44 bits per heavy atom. The molecule has 2 heterocycles. The van der Waals surface area contributed by atoms with E-state index in [0.29, 0.717) is 5.82 Å². The first-order chi connectivity index (χ1) is 7.59. The maximum absolute atomic E-state index is 5.79. The van der Waals surface area contributed by atoms with Crippen LogP contribution in [0.4, 0.5) is 10.8 Å². The van der Waals surface area contributed by atoms with Crippen LogP contribution in [0.5, 0.6) is 0 Å². The van der Waals surface area contributed by atoms with Gasteiger partial charge in [-0.05, 0) is 45.4 Å². The van der Waals surface area contributed by atoms with Crippen molar-refractivity contribution in [2.24, 2.45) is 0 Å². The zero-order valence-electron chi connectivity index (χ0n) is 10.2. The summed E-state index contributed by atoms with van der Waals surface area (Å²) in [6, 6.07) is 0.724. The Hall–Kier alpha value is -0.810. The molecule has 1 aliphatic heterocycles. The monoisotopic (exact) mass is 240 g/mol. The third-order valence-corrected chi connectivity index (χ3v) is 4.44. The summed E-state index contributed by atoms with van der Waals surface area (Å²) < 4.78 is 4.21. The van der Waals surface area contributed by atoms with Gasteiger partial charge in [-0.1, -0.05) is 0 Å². The third kappa shape index (κ3) is 2.15. The molecule has 1 aromatic heterocycles. The fraction of sp³-hybridized carbons (Fsp3) is 0.727. The van der Waals surface area contributed by atoms with E-state index in [1.807, 2.05) is 0 Å². The van der Waals surface area contributed by atoms with Crippen LogP contribution in [-0.4, -0.2) is 42.5 Å². The van der Waals surface area contributed by atoms with Gasteiger partial charge in [0.1, 0.15) is 10.8 Å². The van der Waals surface area contributed by atoms with Crippen molar-refractivity contribution < 1.29 is 0 Å². The molecule has 0 aromatic carbocycles. The maximum Gasteiger partial charge on any atom is 0.142 e. The Morgan fingerprint density at radius 2 is 2.00 bits per heavy atom. The molecule has 0 spiro atoms. The standard InChI is InChI=1S/C11H20N4S/c1-8-10(12)13-16-11(8)15-6-4-9(5-7-15)14(2)3/h9H,4-7H2,1-3H3,(H2,12,13). The smallest absolute Gasteiger partial charge is 0.142 e. The lowest BCUT2D eigenvalue weighted by atomic mass is 10.0. The molecule has 1 saturated heterocycles. The van der Waals surface area contributed by atoms with Crippen LogP contribution in [0.1, 0.15) is 18.4 Å². The summed E-state index contributed by atoms with van der Waals surface area (Å²) in [5, 5.41) is 1.26. The lowest BCUT2D eigenvalue weighted by Gasteiger charge is -2.35. The summed E-state index contributed by atoms with van der Waals surface area (Å²) >= 11 is 1.53. The molecule has 2 rings (SSSR count). The maximum atomic E-state index is 5.79. The number of aromatic nitrogens is 1. The van der Waals surface area contributed by atoms with Crippen LogP contribution in [0, 0.1) is 6.92 Å². The highest BCUT2D eigenvalue weighted by molar-refractivity contribution is 7.10. The second-order valence-electron chi connectivity index (χ2n) is 4.68. The first-order valence-electron chi connectivity index (χ1n) is 5.72. The van der Waals surface area contributed by atoms with E-state index in [2.05, 4.69) is 35.2 Å². The molecule has 0 bridgehead atoms. The molecule has 0 radical (unpaired) electrons. The normalized spacial score (nSPS) is 18.4. The molecular formula is C11H20N4S. The van der Waals surface area contributed by atoms with E-state index >= 15 is 0 Å². The third-order valence-electron chi connectivity index (χ3n) is 3.42. The van der Waals surface area contributed by atoms with Crippen molar-refractivity contribution in [3.8, 4) is 0 Å². The summed E-state index contributed by atoms with van der Waals surface area (Å²) in [6.07, 6.45) is 2.45. The van der Waals surface area contributed by atoms with E-state index in [0.717, 1.165) is 24.7 Å². The Morgan fingerprint density at radius 1 is 1.38 bits per heavy atom.